The maximum atomic E-state index is 12.4. The molecule has 3 aromatic rings. The number of ether oxygens (including phenoxy) is 1. The number of nitrogens with zero attached hydrogens (tertiary/aromatic N) is 3. The number of carbonyl (C=O) groups is 2. The summed E-state index contributed by atoms with van der Waals surface area (Å²) in [6.45, 7) is 1.19. The minimum absolute atomic E-state index is 0.0242. The number of hydrogen-bond donors (Lipinski definition) is 2. The first kappa shape index (κ1) is 22.7. The van der Waals surface area contributed by atoms with Crippen LogP contribution >= 0.6 is 0 Å². The van der Waals surface area contributed by atoms with Crippen molar-refractivity contribution in [2.75, 3.05) is 18.5 Å². The molecule has 2 aromatic carbocycles. The van der Waals surface area contributed by atoms with Crippen molar-refractivity contribution in [2.45, 2.75) is 11.8 Å². The molecule has 0 fully saturated rings. The average Bonchev–Trinajstić information content (AvgIpc) is 3.20. The fraction of sp³-hybridized carbons (Fsp3) is 0.143. The molecule has 0 radical (unpaired) electrons. The van der Waals surface area contributed by atoms with Gasteiger partial charge in [0.1, 0.15) is 11.6 Å². The van der Waals surface area contributed by atoms with Gasteiger partial charge in [-0.05, 0) is 30.3 Å². The zero-order valence-electron chi connectivity index (χ0n) is 17.0. The Balaban J connectivity index is 1.70. The third-order valence-electron chi connectivity index (χ3n) is 4.20. The van der Waals surface area contributed by atoms with Gasteiger partial charge in [-0.2, -0.15) is 10.4 Å². The number of carbonyl (C=O) groups excluding carboxylic acids is 2. The van der Waals surface area contributed by atoms with Crippen LogP contribution in [0.3, 0.4) is 0 Å². The van der Waals surface area contributed by atoms with E-state index in [-0.39, 0.29) is 28.4 Å². The lowest BCUT2D eigenvalue weighted by molar-refractivity contribution is -0.119. The van der Waals surface area contributed by atoms with Gasteiger partial charge in [0.25, 0.3) is 5.91 Å². The average molecular weight is 453 g/mol. The summed E-state index contributed by atoms with van der Waals surface area (Å²) in [6.07, 6.45) is 1.31. The number of para-hydroxylation sites is 1. The van der Waals surface area contributed by atoms with Crippen LogP contribution in [0.4, 0.5) is 5.82 Å². The van der Waals surface area contributed by atoms with Crippen molar-refractivity contribution in [1.82, 2.24) is 14.5 Å². The number of nitrogens with one attached hydrogen (secondary N) is 2. The van der Waals surface area contributed by atoms with E-state index in [4.69, 9.17) is 4.74 Å². The van der Waals surface area contributed by atoms with Gasteiger partial charge < -0.3 is 10.1 Å². The highest BCUT2D eigenvalue weighted by Gasteiger charge is 2.18. The Kier molecular flexibility index (Phi) is 6.99. The summed E-state index contributed by atoms with van der Waals surface area (Å²) < 4.78 is 32.9. The number of aromatic nitrogens is 2. The third kappa shape index (κ3) is 5.18. The van der Waals surface area contributed by atoms with Crippen LogP contribution in [-0.2, 0) is 19.6 Å². The van der Waals surface area contributed by atoms with Gasteiger partial charge in [-0.1, -0.05) is 31.2 Å². The highest BCUT2D eigenvalue weighted by molar-refractivity contribution is 7.89. The zero-order chi connectivity index (χ0) is 23.1. The Bertz CT molecular complexity index is 1280. The molecule has 3 rings (SSSR count). The lowest BCUT2D eigenvalue weighted by Gasteiger charge is -2.10. The number of esters is 1. The Morgan fingerprint density at radius 2 is 1.91 bits per heavy atom. The van der Waals surface area contributed by atoms with Gasteiger partial charge in [-0.25, -0.2) is 22.6 Å². The molecule has 2 N–H and O–H groups in total. The molecular formula is C21H19N5O5S. The second kappa shape index (κ2) is 9.86. The fourth-order valence-electron chi connectivity index (χ4n) is 2.76. The zero-order valence-corrected chi connectivity index (χ0v) is 17.8. The van der Waals surface area contributed by atoms with Crippen molar-refractivity contribution in [3.63, 3.8) is 0 Å². The normalized spacial score (nSPS) is 10.9. The van der Waals surface area contributed by atoms with Crippen LogP contribution in [0.2, 0.25) is 0 Å². The van der Waals surface area contributed by atoms with E-state index in [9.17, 15) is 23.3 Å². The summed E-state index contributed by atoms with van der Waals surface area (Å²) in [7, 11) is -3.75. The summed E-state index contributed by atoms with van der Waals surface area (Å²) in [5.41, 5.74) is 0.735. The van der Waals surface area contributed by atoms with Crippen LogP contribution in [0.5, 0.6) is 0 Å². The van der Waals surface area contributed by atoms with Crippen LogP contribution in [0, 0.1) is 11.3 Å². The number of amides is 1. The van der Waals surface area contributed by atoms with Gasteiger partial charge in [0.2, 0.25) is 10.0 Å². The minimum atomic E-state index is -3.75. The molecule has 0 unspecified atom stereocenters. The van der Waals surface area contributed by atoms with Gasteiger partial charge in [-0.3, -0.25) is 4.79 Å². The number of nitriles is 1. The molecular weight excluding hydrogens is 434 g/mol. The molecule has 0 aliphatic rings. The number of sulfonamides is 1. The largest absolute Gasteiger partial charge is 0.452 e. The Labute approximate surface area is 184 Å². The number of rotatable bonds is 8. The molecule has 164 valence electrons. The SMILES string of the molecule is CCNS(=O)(=O)c1cccc(C(=O)OCC(=O)Nc2c(C#N)cnn2-c2ccccc2)c1. The molecule has 10 nitrogen and oxygen atoms in total. The molecule has 0 saturated heterocycles. The lowest BCUT2D eigenvalue weighted by Crippen LogP contribution is -2.24. The van der Waals surface area contributed by atoms with E-state index in [1.165, 1.54) is 29.1 Å². The first-order valence-electron chi connectivity index (χ1n) is 9.46. The van der Waals surface area contributed by atoms with Crippen molar-refractivity contribution in [3.8, 4) is 11.8 Å². The van der Waals surface area contributed by atoms with E-state index in [2.05, 4.69) is 15.1 Å². The molecule has 1 heterocycles. The highest BCUT2D eigenvalue weighted by atomic mass is 32.2. The maximum Gasteiger partial charge on any atom is 0.338 e. The van der Waals surface area contributed by atoms with E-state index in [1.807, 2.05) is 12.1 Å². The van der Waals surface area contributed by atoms with E-state index in [0.29, 0.717) is 5.69 Å². The summed E-state index contributed by atoms with van der Waals surface area (Å²) in [5, 5.41) is 15.9. The Morgan fingerprint density at radius 1 is 1.16 bits per heavy atom. The van der Waals surface area contributed by atoms with Crippen molar-refractivity contribution >= 4 is 27.7 Å². The van der Waals surface area contributed by atoms with Crippen LogP contribution in [0.25, 0.3) is 5.69 Å². The van der Waals surface area contributed by atoms with Crippen molar-refractivity contribution in [3.05, 3.63) is 71.9 Å². The quantitative estimate of drug-likeness (QED) is 0.495. The van der Waals surface area contributed by atoms with Crippen molar-refractivity contribution in [1.29, 1.82) is 5.26 Å². The number of hydrogen-bond acceptors (Lipinski definition) is 7. The first-order valence-corrected chi connectivity index (χ1v) is 10.9. The van der Waals surface area contributed by atoms with Gasteiger partial charge in [0.15, 0.2) is 12.4 Å². The first-order chi connectivity index (χ1) is 15.4. The Hall–Kier alpha value is -4.01. The molecule has 32 heavy (non-hydrogen) atoms. The molecule has 0 aliphatic heterocycles. The van der Waals surface area contributed by atoms with E-state index in [1.54, 1.807) is 31.2 Å². The maximum absolute atomic E-state index is 12.4. The predicted molar refractivity (Wildman–Crippen MR) is 114 cm³/mol. The monoisotopic (exact) mass is 453 g/mol. The van der Waals surface area contributed by atoms with Crippen LogP contribution in [-0.4, -0.2) is 43.2 Å². The summed E-state index contributed by atoms with van der Waals surface area (Å²) in [6, 6.07) is 16.1. The topological polar surface area (TPSA) is 143 Å². The second-order valence-electron chi connectivity index (χ2n) is 6.42. The van der Waals surface area contributed by atoms with Crippen molar-refractivity contribution < 1.29 is 22.7 Å². The number of anilines is 1. The molecule has 0 bridgehead atoms. The molecule has 0 saturated carbocycles. The molecule has 0 atom stereocenters. The summed E-state index contributed by atoms with van der Waals surface area (Å²) in [4.78, 5) is 24.6. The minimum Gasteiger partial charge on any atom is -0.452 e. The molecule has 0 aliphatic carbocycles. The van der Waals surface area contributed by atoms with Gasteiger partial charge in [0.05, 0.1) is 22.3 Å². The summed E-state index contributed by atoms with van der Waals surface area (Å²) >= 11 is 0. The van der Waals surface area contributed by atoms with Gasteiger partial charge >= 0.3 is 5.97 Å². The van der Waals surface area contributed by atoms with E-state index in [0.717, 1.165) is 6.07 Å². The molecule has 1 amide bonds. The predicted octanol–water partition coefficient (Wildman–Crippen LogP) is 1.84. The van der Waals surface area contributed by atoms with Crippen LogP contribution in [0.15, 0.2) is 65.7 Å². The Morgan fingerprint density at radius 3 is 2.59 bits per heavy atom. The van der Waals surface area contributed by atoms with E-state index >= 15 is 0 Å². The van der Waals surface area contributed by atoms with Crippen LogP contribution < -0.4 is 10.0 Å². The summed E-state index contributed by atoms with van der Waals surface area (Å²) in [5.74, 6) is -1.42. The molecule has 1 aromatic heterocycles. The van der Waals surface area contributed by atoms with Crippen molar-refractivity contribution in [2.24, 2.45) is 0 Å². The smallest absolute Gasteiger partial charge is 0.338 e. The van der Waals surface area contributed by atoms with Gasteiger partial charge in [-0.15, -0.1) is 0 Å². The number of benzene rings is 2. The molecule has 11 heteroatoms. The third-order valence-corrected chi connectivity index (χ3v) is 5.74. The van der Waals surface area contributed by atoms with E-state index < -0.39 is 28.5 Å². The lowest BCUT2D eigenvalue weighted by atomic mass is 10.2. The van der Waals surface area contributed by atoms with Gasteiger partial charge in [0, 0.05) is 6.54 Å². The fourth-order valence-corrected chi connectivity index (χ4v) is 3.85. The standard InChI is InChI=1S/C21H19N5O5S/c1-2-24-32(29,30)18-10-6-7-15(11-18)21(28)31-14-19(27)25-20-16(12-22)13-23-26(20)17-8-4-3-5-9-17/h3-11,13,24H,2,14H2,1H3,(H,25,27). The van der Waals surface area contributed by atoms with Crippen LogP contribution in [0.1, 0.15) is 22.8 Å². The molecule has 0 spiro atoms. The second-order valence-corrected chi connectivity index (χ2v) is 8.19. The highest BCUT2D eigenvalue weighted by Crippen LogP contribution is 2.19.